The zero-order valence-corrected chi connectivity index (χ0v) is 14.3. The smallest absolute Gasteiger partial charge is 0.257 e. The Morgan fingerprint density at radius 1 is 1.29 bits per heavy atom. The normalized spacial score (nSPS) is 23.2. The van der Waals surface area contributed by atoms with Gasteiger partial charge in [-0.25, -0.2) is 9.97 Å². The van der Waals surface area contributed by atoms with Crippen molar-refractivity contribution < 1.29 is 14.3 Å². The lowest BCUT2D eigenvalue weighted by molar-refractivity contribution is -0.145. The minimum absolute atomic E-state index is 0.00635. The molecule has 2 atom stereocenters. The highest BCUT2D eigenvalue weighted by Crippen LogP contribution is 2.33. The van der Waals surface area contributed by atoms with Gasteiger partial charge in [0.15, 0.2) is 5.82 Å². The van der Waals surface area contributed by atoms with E-state index >= 15 is 0 Å². The summed E-state index contributed by atoms with van der Waals surface area (Å²) in [5.41, 5.74) is 0. The first-order chi connectivity index (χ1) is 11.5. The van der Waals surface area contributed by atoms with E-state index in [0.29, 0.717) is 24.8 Å². The van der Waals surface area contributed by atoms with Crippen molar-refractivity contribution in [2.75, 3.05) is 45.7 Å². The maximum Gasteiger partial charge on any atom is 0.257 e. The molecule has 2 bridgehead atoms. The molecular formula is C16H23N5O3. The topological polar surface area (TPSA) is 78.9 Å². The van der Waals surface area contributed by atoms with Gasteiger partial charge in [-0.15, -0.1) is 0 Å². The number of anilines is 1. The molecule has 130 valence electrons. The summed E-state index contributed by atoms with van der Waals surface area (Å²) in [6.45, 7) is 1.35. The first-order valence-electron chi connectivity index (χ1n) is 8.11. The second kappa shape index (κ2) is 6.62. The molecule has 0 aliphatic carbocycles. The highest BCUT2D eigenvalue weighted by molar-refractivity contribution is 5.87. The second-order valence-electron chi connectivity index (χ2n) is 6.48. The van der Waals surface area contributed by atoms with E-state index < -0.39 is 0 Å². The Balaban J connectivity index is 1.84. The van der Waals surface area contributed by atoms with Crippen LogP contribution in [-0.2, 0) is 9.59 Å². The van der Waals surface area contributed by atoms with Crippen molar-refractivity contribution in [3.05, 3.63) is 12.4 Å². The summed E-state index contributed by atoms with van der Waals surface area (Å²) < 4.78 is 5.31. The highest BCUT2D eigenvalue weighted by Gasteiger charge is 2.42. The van der Waals surface area contributed by atoms with Gasteiger partial charge in [0.2, 0.25) is 11.8 Å². The van der Waals surface area contributed by atoms with Gasteiger partial charge >= 0.3 is 0 Å². The van der Waals surface area contributed by atoms with Gasteiger partial charge < -0.3 is 19.4 Å². The minimum atomic E-state index is -0.120. The largest absolute Gasteiger partial charge is 0.478 e. The molecule has 3 aliphatic heterocycles. The molecule has 0 unspecified atom stereocenters. The molecule has 4 rings (SSSR count). The third kappa shape index (κ3) is 3.00. The molecule has 1 aromatic rings. The predicted molar refractivity (Wildman–Crippen MR) is 87.7 cm³/mol. The molecule has 2 amide bonds. The van der Waals surface area contributed by atoms with Crippen LogP contribution in [0.4, 0.5) is 5.82 Å². The Morgan fingerprint density at radius 3 is 2.75 bits per heavy atom. The van der Waals surface area contributed by atoms with Gasteiger partial charge in [0.25, 0.3) is 5.88 Å². The number of ether oxygens (including phenoxy) is 1. The molecule has 0 N–H and O–H groups in total. The number of fused-ring (bicyclic) bond motifs is 4. The van der Waals surface area contributed by atoms with Gasteiger partial charge in [0.05, 0.1) is 13.0 Å². The van der Waals surface area contributed by atoms with Crippen molar-refractivity contribution >= 4 is 17.6 Å². The van der Waals surface area contributed by atoms with Gasteiger partial charge in [-0.1, -0.05) is 0 Å². The Bertz CT molecular complexity index is 636. The summed E-state index contributed by atoms with van der Waals surface area (Å²) in [5.74, 6) is 1.00. The number of aromatic nitrogens is 2. The van der Waals surface area contributed by atoms with Crippen LogP contribution in [0.5, 0.6) is 5.88 Å². The minimum Gasteiger partial charge on any atom is -0.478 e. The van der Waals surface area contributed by atoms with E-state index in [1.165, 1.54) is 4.90 Å². The zero-order chi connectivity index (χ0) is 17.3. The molecule has 24 heavy (non-hydrogen) atoms. The number of amides is 2. The quantitative estimate of drug-likeness (QED) is 0.772. The Labute approximate surface area is 141 Å². The monoisotopic (exact) mass is 333 g/mol. The van der Waals surface area contributed by atoms with Gasteiger partial charge in [0, 0.05) is 45.6 Å². The lowest BCUT2D eigenvalue weighted by Crippen LogP contribution is -2.51. The van der Waals surface area contributed by atoms with Crippen molar-refractivity contribution in [1.29, 1.82) is 0 Å². The fourth-order valence-corrected chi connectivity index (χ4v) is 3.39. The number of hydrogen-bond donors (Lipinski definition) is 0. The van der Waals surface area contributed by atoms with Crippen molar-refractivity contribution in [1.82, 2.24) is 19.8 Å². The summed E-state index contributed by atoms with van der Waals surface area (Å²) >= 11 is 0. The molecule has 8 heteroatoms. The van der Waals surface area contributed by atoms with E-state index in [2.05, 4.69) is 14.9 Å². The molecule has 0 radical (unpaired) electrons. The van der Waals surface area contributed by atoms with Crippen LogP contribution in [-0.4, -0.2) is 78.5 Å². The van der Waals surface area contributed by atoms with Crippen molar-refractivity contribution in [2.45, 2.75) is 18.9 Å². The van der Waals surface area contributed by atoms with Crippen LogP contribution >= 0.6 is 0 Å². The molecule has 4 heterocycles. The van der Waals surface area contributed by atoms with E-state index in [4.69, 9.17) is 4.74 Å². The van der Waals surface area contributed by atoms with Crippen LogP contribution in [0.15, 0.2) is 12.4 Å². The zero-order valence-electron chi connectivity index (χ0n) is 14.3. The van der Waals surface area contributed by atoms with Crippen molar-refractivity contribution in [3.8, 4) is 5.88 Å². The summed E-state index contributed by atoms with van der Waals surface area (Å²) in [6, 6.07) is 0.00635. The first kappa shape index (κ1) is 16.5. The molecule has 3 aliphatic rings. The van der Waals surface area contributed by atoms with Crippen LogP contribution in [0.1, 0.15) is 12.8 Å². The molecule has 8 nitrogen and oxygen atoms in total. The second-order valence-corrected chi connectivity index (χ2v) is 6.48. The number of carbonyl (C=O) groups excluding carboxylic acids is 2. The van der Waals surface area contributed by atoms with Crippen LogP contribution in [0.3, 0.4) is 0 Å². The van der Waals surface area contributed by atoms with E-state index in [-0.39, 0.29) is 30.3 Å². The Hall–Kier alpha value is -2.38. The average molecular weight is 333 g/mol. The van der Waals surface area contributed by atoms with Gasteiger partial charge in [-0.2, -0.15) is 0 Å². The third-order valence-corrected chi connectivity index (χ3v) is 4.74. The lowest BCUT2D eigenvalue weighted by Gasteiger charge is -2.35. The number of likely N-dealkylation sites (N-methyl/N-ethyl adjacent to an activating group) is 1. The Morgan fingerprint density at radius 2 is 2.04 bits per heavy atom. The molecular weight excluding hydrogens is 310 g/mol. The maximum absolute atomic E-state index is 12.8. The van der Waals surface area contributed by atoms with Gasteiger partial charge in [-0.05, 0) is 12.8 Å². The Kier molecular flexibility index (Phi) is 4.55. The molecule has 0 aromatic carbocycles. The standard InChI is InChI=1S/C16H23N5O3/c1-19(2)13(22)10-21-12-5-4-11(16(21)23)8-20(9-12)14-15(24-3)18-7-6-17-14/h6-7,11-12H,4-5,8-10H2,1-3H3/t11-,12+/m0/s1. The van der Waals surface area contributed by atoms with Gasteiger partial charge in [0.1, 0.15) is 6.54 Å². The van der Waals surface area contributed by atoms with Crippen LogP contribution in [0.25, 0.3) is 0 Å². The number of carbonyl (C=O) groups is 2. The van der Waals surface area contributed by atoms with Crippen molar-refractivity contribution in [2.24, 2.45) is 5.92 Å². The SMILES string of the molecule is COc1nccnc1N1C[C@@H]2CC[C@H](C1)N(CC(=O)N(C)C)C2=O. The summed E-state index contributed by atoms with van der Waals surface area (Å²) in [5, 5.41) is 0. The van der Waals surface area contributed by atoms with E-state index in [0.717, 1.165) is 12.8 Å². The van der Waals surface area contributed by atoms with Crippen LogP contribution < -0.4 is 9.64 Å². The first-order valence-corrected chi connectivity index (χ1v) is 8.11. The van der Waals surface area contributed by atoms with Crippen LogP contribution in [0.2, 0.25) is 0 Å². The highest BCUT2D eigenvalue weighted by atomic mass is 16.5. The average Bonchev–Trinajstić information content (AvgIpc) is 2.87. The van der Waals surface area contributed by atoms with E-state index in [9.17, 15) is 9.59 Å². The molecule has 3 fully saturated rings. The summed E-state index contributed by atoms with van der Waals surface area (Å²) in [4.78, 5) is 38.7. The number of rotatable bonds is 4. The predicted octanol–water partition coefficient (Wildman–Crippen LogP) is 0.000600. The van der Waals surface area contributed by atoms with Gasteiger partial charge in [-0.3, -0.25) is 9.59 Å². The summed E-state index contributed by atoms with van der Waals surface area (Å²) in [6.07, 6.45) is 4.95. The maximum atomic E-state index is 12.8. The third-order valence-electron chi connectivity index (χ3n) is 4.74. The fraction of sp³-hybridized carbons (Fsp3) is 0.625. The molecule has 0 spiro atoms. The fourth-order valence-electron chi connectivity index (χ4n) is 3.39. The number of nitrogens with zero attached hydrogens (tertiary/aromatic N) is 5. The summed E-state index contributed by atoms with van der Waals surface area (Å²) in [7, 11) is 4.98. The van der Waals surface area contributed by atoms with Crippen molar-refractivity contribution in [3.63, 3.8) is 0 Å². The lowest BCUT2D eigenvalue weighted by atomic mass is 9.94. The van der Waals surface area contributed by atoms with E-state index in [1.54, 1.807) is 38.5 Å². The van der Waals surface area contributed by atoms with Crippen LogP contribution in [0, 0.1) is 5.92 Å². The molecule has 0 saturated carbocycles. The molecule has 3 saturated heterocycles. The number of hydrogen-bond acceptors (Lipinski definition) is 6. The number of piperidine rings is 1. The molecule has 1 aromatic heterocycles. The number of methoxy groups -OCH3 is 1. The van der Waals surface area contributed by atoms with E-state index in [1.807, 2.05) is 0 Å².